The Morgan fingerprint density at radius 2 is 1.29 bits per heavy atom. The number of nitrogens with one attached hydrogen (secondary N) is 4. The van der Waals surface area contributed by atoms with Crippen molar-refractivity contribution in [3.63, 3.8) is 0 Å². The molecule has 0 radical (unpaired) electrons. The summed E-state index contributed by atoms with van der Waals surface area (Å²) in [4.78, 5) is 90.1. The fourth-order valence-corrected chi connectivity index (χ4v) is 8.28. The van der Waals surface area contributed by atoms with Crippen LogP contribution in [0.3, 0.4) is 0 Å². The van der Waals surface area contributed by atoms with Crippen LogP contribution in [0.15, 0.2) is 115 Å². The maximum Gasteiger partial charge on any atom is 0.331 e. The minimum Gasteiger partial charge on any atom is -0.423 e. The van der Waals surface area contributed by atoms with E-state index in [1.54, 1.807) is 72.8 Å². The summed E-state index contributed by atoms with van der Waals surface area (Å²) < 4.78 is 12.4. The van der Waals surface area contributed by atoms with Gasteiger partial charge in [-0.15, -0.1) is 0 Å². The highest BCUT2D eigenvalue weighted by Gasteiger charge is 2.61. The highest BCUT2D eigenvalue weighted by atomic mass is 16.5. The van der Waals surface area contributed by atoms with E-state index in [4.69, 9.17) is 20.9 Å². The van der Waals surface area contributed by atoms with Gasteiger partial charge in [0.15, 0.2) is 10.8 Å². The minimum absolute atomic E-state index is 0.189. The minimum atomic E-state index is -2.12. The van der Waals surface area contributed by atoms with Crippen LogP contribution in [0.2, 0.25) is 0 Å². The number of H-pyrrole nitrogens is 3. The molecule has 5 aromatic rings. The molecule has 4 aliphatic heterocycles. The van der Waals surface area contributed by atoms with Crippen LogP contribution >= 0.6 is 0 Å². The summed E-state index contributed by atoms with van der Waals surface area (Å²) in [5, 5.41) is 23.4. The van der Waals surface area contributed by atoms with Gasteiger partial charge in [0.05, 0.1) is 13.1 Å². The molecule has 2 unspecified atom stereocenters. The number of benzene rings is 3. The number of anilines is 2. The van der Waals surface area contributed by atoms with E-state index in [1.165, 1.54) is 4.90 Å². The number of rotatable bonds is 4. The van der Waals surface area contributed by atoms with Crippen LogP contribution in [0.1, 0.15) is 33.4 Å². The molecule has 9 rings (SSSR count). The van der Waals surface area contributed by atoms with Crippen LogP contribution in [0, 0.1) is 22.7 Å². The van der Waals surface area contributed by atoms with E-state index in [0.717, 1.165) is 4.57 Å². The molecule has 2 aromatic heterocycles. The summed E-state index contributed by atoms with van der Waals surface area (Å²) in [6, 6.07) is 23.5. The second-order valence-electron chi connectivity index (χ2n) is 13.2. The molecule has 2 spiro atoms. The highest BCUT2D eigenvalue weighted by molar-refractivity contribution is 6.14. The van der Waals surface area contributed by atoms with Crippen molar-refractivity contribution in [2.45, 2.75) is 23.9 Å². The van der Waals surface area contributed by atoms with Gasteiger partial charge in [0.25, 0.3) is 11.1 Å². The lowest BCUT2D eigenvalue weighted by Crippen LogP contribution is -2.50. The summed E-state index contributed by atoms with van der Waals surface area (Å²) >= 11 is 0. The summed E-state index contributed by atoms with van der Waals surface area (Å²) in [5.74, 6) is -3.25. The fraction of sp³-hybridized carbons (Fsp3) is 0.105. The standard InChI is InChI=1S/C38H24N10O8/c39-13-21-28(42)56-32-26(37(21)19-9-3-5-11-23(19)43-33(37)51)30(50)45-36(54)48(32)16-18-8-2-1-7-17(18)15-47-24-12-6-4-10-20(24)38(34(47)52)22(14-40)27(41)55-31-25(38)29(49)44-35(53)46-31/h1-12H,15-16,41-42H2,(H,43,51)(H,45,50,54)(H2,44,46,49,53). The van der Waals surface area contributed by atoms with Gasteiger partial charge in [-0.25, -0.2) is 9.59 Å². The average molecular weight is 749 g/mol. The van der Waals surface area contributed by atoms with Gasteiger partial charge in [-0.1, -0.05) is 60.7 Å². The topological polar surface area (TPSA) is 288 Å². The molecular formula is C38H24N10O8. The van der Waals surface area contributed by atoms with E-state index in [2.05, 4.69) is 20.3 Å². The number of para-hydroxylation sites is 2. The molecule has 4 aliphatic rings. The molecule has 0 saturated heterocycles. The van der Waals surface area contributed by atoms with Gasteiger partial charge in [-0.2, -0.15) is 10.5 Å². The number of hydrogen-bond donors (Lipinski definition) is 6. The Morgan fingerprint density at radius 1 is 0.679 bits per heavy atom. The maximum atomic E-state index is 15.0. The Bertz CT molecular complexity index is 3070. The number of carbonyl (C=O) groups excluding carboxylic acids is 2. The number of nitriles is 2. The number of aromatic amines is 3. The number of nitrogens with zero attached hydrogens (tertiary/aromatic N) is 4. The van der Waals surface area contributed by atoms with Crippen LogP contribution in [-0.4, -0.2) is 31.3 Å². The molecule has 0 aliphatic carbocycles. The first-order chi connectivity index (χ1) is 27.0. The van der Waals surface area contributed by atoms with Gasteiger partial charge in [-0.05, 0) is 23.3 Å². The predicted octanol–water partition coefficient (Wildman–Crippen LogP) is 0.205. The Kier molecular flexibility index (Phi) is 6.91. The summed E-state index contributed by atoms with van der Waals surface area (Å²) in [6.45, 7) is -0.489. The van der Waals surface area contributed by atoms with Crippen LogP contribution in [0.25, 0.3) is 0 Å². The van der Waals surface area contributed by atoms with Gasteiger partial charge >= 0.3 is 11.4 Å². The van der Waals surface area contributed by atoms with E-state index >= 15 is 0 Å². The average Bonchev–Trinajstić information content (AvgIpc) is 3.58. The van der Waals surface area contributed by atoms with Crippen LogP contribution in [0.5, 0.6) is 11.8 Å². The molecule has 8 N–H and O–H groups in total. The molecule has 2 amide bonds. The number of nitrogens with two attached hydrogens (primary N) is 2. The van der Waals surface area contributed by atoms with Crippen molar-refractivity contribution in [3.8, 4) is 23.9 Å². The summed E-state index contributed by atoms with van der Waals surface area (Å²) in [5.41, 5.74) is 5.15. The van der Waals surface area contributed by atoms with E-state index < -0.39 is 62.8 Å². The van der Waals surface area contributed by atoms with Gasteiger partial charge in [0, 0.05) is 22.5 Å². The highest BCUT2D eigenvalue weighted by Crippen LogP contribution is 2.54. The fourth-order valence-electron chi connectivity index (χ4n) is 8.28. The van der Waals surface area contributed by atoms with Crippen molar-refractivity contribution in [1.82, 2.24) is 19.5 Å². The van der Waals surface area contributed by atoms with Crippen molar-refractivity contribution < 1.29 is 19.1 Å². The lowest BCUT2D eigenvalue weighted by atomic mass is 9.69. The molecule has 3 aromatic carbocycles. The normalized spacial score (nSPS) is 20.1. The zero-order valence-corrected chi connectivity index (χ0v) is 28.6. The second-order valence-corrected chi connectivity index (χ2v) is 13.2. The first-order valence-electron chi connectivity index (χ1n) is 16.8. The number of aromatic nitrogens is 4. The van der Waals surface area contributed by atoms with Gasteiger partial charge in [-0.3, -0.25) is 38.7 Å². The van der Waals surface area contributed by atoms with E-state index in [-0.39, 0.29) is 52.4 Å². The largest absolute Gasteiger partial charge is 0.423 e. The quantitative estimate of drug-likeness (QED) is 0.144. The zero-order chi connectivity index (χ0) is 39.3. The molecule has 56 heavy (non-hydrogen) atoms. The number of fused-ring (bicyclic) bond motifs is 8. The third kappa shape index (κ3) is 4.11. The molecule has 274 valence electrons. The van der Waals surface area contributed by atoms with Crippen molar-refractivity contribution in [1.29, 1.82) is 10.5 Å². The monoisotopic (exact) mass is 748 g/mol. The van der Waals surface area contributed by atoms with Crippen molar-refractivity contribution in [2.75, 3.05) is 10.2 Å². The Hall–Kier alpha value is -8.38. The molecule has 0 saturated carbocycles. The van der Waals surface area contributed by atoms with E-state index in [9.17, 15) is 39.3 Å². The Labute approximate surface area is 312 Å². The third-order valence-electron chi connectivity index (χ3n) is 10.6. The third-order valence-corrected chi connectivity index (χ3v) is 10.6. The lowest BCUT2D eigenvalue weighted by Gasteiger charge is -2.33. The number of hydrogen-bond acceptors (Lipinski definition) is 12. The first-order valence-corrected chi connectivity index (χ1v) is 16.8. The van der Waals surface area contributed by atoms with E-state index in [0.29, 0.717) is 22.5 Å². The molecule has 0 bridgehead atoms. The van der Waals surface area contributed by atoms with Crippen LogP contribution < -0.4 is 53.7 Å². The molecular weight excluding hydrogens is 724 g/mol. The van der Waals surface area contributed by atoms with Crippen molar-refractivity contribution in [3.05, 3.63) is 171 Å². The van der Waals surface area contributed by atoms with Gasteiger partial charge in [0.1, 0.15) is 34.4 Å². The van der Waals surface area contributed by atoms with Gasteiger partial charge < -0.3 is 31.2 Å². The summed E-state index contributed by atoms with van der Waals surface area (Å²) in [6.07, 6.45) is 0. The zero-order valence-electron chi connectivity index (χ0n) is 28.6. The molecule has 18 nitrogen and oxygen atoms in total. The van der Waals surface area contributed by atoms with Crippen molar-refractivity contribution >= 4 is 23.2 Å². The van der Waals surface area contributed by atoms with Gasteiger partial charge in [0.2, 0.25) is 35.3 Å². The second kappa shape index (κ2) is 11.6. The van der Waals surface area contributed by atoms with Crippen LogP contribution in [0.4, 0.5) is 11.4 Å². The summed E-state index contributed by atoms with van der Waals surface area (Å²) in [7, 11) is 0. The lowest BCUT2D eigenvalue weighted by molar-refractivity contribution is -0.121. The first kappa shape index (κ1) is 33.5. The molecule has 0 fully saturated rings. The van der Waals surface area contributed by atoms with Crippen LogP contribution in [-0.2, 0) is 33.5 Å². The molecule has 2 atom stereocenters. The SMILES string of the molecule is N#CC1=C(N)Oc2[nH]c(=O)[nH]c(=O)c2C12C(=O)N(Cc1ccccc1Cn1c3c(c(=O)[nH]c1=O)C1(C(=O)Nc4ccccc41)C(C#N)=C(N)O3)c1ccccc12. The van der Waals surface area contributed by atoms with E-state index in [1.807, 2.05) is 12.1 Å². The Morgan fingerprint density at radius 3 is 2.02 bits per heavy atom. The number of ether oxygens (including phenoxy) is 2. The maximum absolute atomic E-state index is 15.0. The van der Waals surface area contributed by atoms with Crippen molar-refractivity contribution in [2.24, 2.45) is 11.5 Å². The molecule has 18 heteroatoms. The Balaban J connectivity index is 1.19. The molecule has 6 heterocycles. The smallest absolute Gasteiger partial charge is 0.331 e. The predicted molar refractivity (Wildman–Crippen MR) is 194 cm³/mol. The number of amides is 2. The number of carbonyl (C=O) groups is 2.